The molecule has 1 heterocycles. The second-order valence-electron chi connectivity index (χ2n) is 5.40. The van der Waals surface area contributed by atoms with Gasteiger partial charge in [0, 0.05) is 30.6 Å². The Balaban J connectivity index is 2.08. The molecule has 1 N–H and O–H groups in total. The van der Waals surface area contributed by atoms with E-state index in [4.69, 9.17) is 0 Å². The van der Waals surface area contributed by atoms with Gasteiger partial charge in [0.15, 0.2) is 0 Å². The van der Waals surface area contributed by atoms with E-state index in [1.54, 1.807) is 0 Å². The number of nitrogens with one attached hydrogen (secondary N) is 1. The first-order valence-corrected chi connectivity index (χ1v) is 8.04. The molecule has 1 aliphatic rings. The summed E-state index contributed by atoms with van der Waals surface area (Å²) < 4.78 is 0. The third-order valence-corrected chi connectivity index (χ3v) is 4.22. The molecule has 0 amide bonds. The maximum absolute atomic E-state index is 3.64. The van der Waals surface area contributed by atoms with Crippen LogP contribution in [0.3, 0.4) is 0 Å². The Morgan fingerprint density at radius 2 is 2.17 bits per heavy atom. The van der Waals surface area contributed by atoms with Gasteiger partial charge in [-0.3, -0.25) is 0 Å². The fourth-order valence-corrected chi connectivity index (χ4v) is 3.28. The molecular weight excluding hydrogens is 240 g/mol. The van der Waals surface area contributed by atoms with Gasteiger partial charge in [0.1, 0.15) is 0 Å². The van der Waals surface area contributed by atoms with Gasteiger partial charge in [-0.05, 0) is 30.7 Å². The Morgan fingerprint density at radius 1 is 1.39 bits per heavy atom. The van der Waals surface area contributed by atoms with Crippen LogP contribution in [0.5, 0.6) is 0 Å². The number of para-hydroxylation sites is 1. The van der Waals surface area contributed by atoms with Gasteiger partial charge in [-0.2, -0.15) is 0 Å². The monoisotopic (exact) mass is 264 g/mol. The van der Waals surface area contributed by atoms with E-state index in [1.807, 2.05) is 11.8 Å². The summed E-state index contributed by atoms with van der Waals surface area (Å²) in [5.74, 6) is 0.762. The van der Waals surface area contributed by atoms with E-state index in [9.17, 15) is 0 Å². The summed E-state index contributed by atoms with van der Waals surface area (Å²) in [6.07, 6.45) is 3.42. The molecule has 1 saturated heterocycles. The molecule has 0 bridgehead atoms. The van der Waals surface area contributed by atoms with Crippen LogP contribution in [0.1, 0.15) is 20.3 Å². The van der Waals surface area contributed by atoms with Crippen molar-refractivity contribution in [3.05, 3.63) is 24.3 Å². The van der Waals surface area contributed by atoms with Crippen LogP contribution in [-0.2, 0) is 0 Å². The number of benzene rings is 1. The molecule has 1 fully saturated rings. The van der Waals surface area contributed by atoms with Crippen LogP contribution in [-0.4, -0.2) is 31.9 Å². The van der Waals surface area contributed by atoms with Crippen molar-refractivity contribution in [3.8, 4) is 0 Å². The van der Waals surface area contributed by atoms with Crippen LogP contribution in [0.25, 0.3) is 0 Å². The Labute approximate surface area is 115 Å². The first kappa shape index (κ1) is 13.8. The lowest BCUT2D eigenvalue weighted by Gasteiger charge is -2.36. The average Bonchev–Trinajstić information content (AvgIpc) is 2.38. The molecule has 18 heavy (non-hydrogen) atoms. The summed E-state index contributed by atoms with van der Waals surface area (Å²) in [5.41, 5.74) is 1.40. The minimum absolute atomic E-state index is 0.633. The van der Waals surface area contributed by atoms with Gasteiger partial charge < -0.3 is 10.2 Å². The number of hydrogen-bond donors (Lipinski definition) is 1. The summed E-state index contributed by atoms with van der Waals surface area (Å²) in [5, 5.41) is 3.64. The lowest BCUT2D eigenvalue weighted by Crippen LogP contribution is -2.51. The van der Waals surface area contributed by atoms with Gasteiger partial charge >= 0.3 is 0 Å². The lowest BCUT2D eigenvalue weighted by molar-refractivity contribution is 0.387. The van der Waals surface area contributed by atoms with E-state index < -0.39 is 0 Å². The Morgan fingerprint density at radius 3 is 2.89 bits per heavy atom. The van der Waals surface area contributed by atoms with Crippen LogP contribution in [0.4, 0.5) is 5.69 Å². The number of hydrogen-bond acceptors (Lipinski definition) is 3. The summed E-state index contributed by atoms with van der Waals surface area (Å²) >= 11 is 1.84. The van der Waals surface area contributed by atoms with Crippen LogP contribution < -0.4 is 10.2 Å². The number of nitrogens with zero attached hydrogens (tertiary/aromatic N) is 1. The van der Waals surface area contributed by atoms with E-state index in [1.165, 1.54) is 17.0 Å². The first-order chi connectivity index (χ1) is 8.70. The van der Waals surface area contributed by atoms with Crippen molar-refractivity contribution in [2.45, 2.75) is 31.2 Å². The van der Waals surface area contributed by atoms with E-state index >= 15 is 0 Å². The van der Waals surface area contributed by atoms with Crippen molar-refractivity contribution in [1.29, 1.82) is 0 Å². The molecular formula is C15H24N2S. The van der Waals surface area contributed by atoms with E-state index in [0.29, 0.717) is 6.04 Å². The van der Waals surface area contributed by atoms with Crippen molar-refractivity contribution in [3.63, 3.8) is 0 Å². The summed E-state index contributed by atoms with van der Waals surface area (Å²) in [6.45, 7) is 7.95. The molecule has 1 aliphatic heterocycles. The highest BCUT2D eigenvalue weighted by molar-refractivity contribution is 7.98. The fourth-order valence-electron chi connectivity index (χ4n) is 2.66. The molecule has 2 rings (SSSR count). The van der Waals surface area contributed by atoms with Crippen molar-refractivity contribution >= 4 is 17.4 Å². The van der Waals surface area contributed by atoms with Crippen molar-refractivity contribution in [2.24, 2.45) is 5.92 Å². The fraction of sp³-hybridized carbons (Fsp3) is 0.600. The zero-order chi connectivity index (χ0) is 13.0. The molecule has 2 nitrogen and oxygen atoms in total. The van der Waals surface area contributed by atoms with Crippen LogP contribution in [0, 0.1) is 5.92 Å². The molecule has 1 atom stereocenters. The van der Waals surface area contributed by atoms with Crippen molar-refractivity contribution < 1.29 is 0 Å². The Kier molecular flexibility index (Phi) is 4.95. The third kappa shape index (κ3) is 3.42. The molecule has 100 valence electrons. The van der Waals surface area contributed by atoms with Gasteiger partial charge in [0.25, 0.3) is 0 Å². The highest BCUT2D eigenvalue weighted by Gasteiger charge is 2.21. The lowest BCUT2D eigenvalue weighted by atomic mass is 10.0. The van der Waals surface area contributed by atoms with Gasteiger partial charge in [0.05, 0.1) is 5.69 Å². The predicted octanol–water partition coefficient (Wildman–Crippen LogP) is 3.23. The van der Waals surface area contributed by atoms with Gasteiger partial charge in [0.2, 0.25) is 0 Å². The number of thioether (sulfide) groups is 1. The molecule has 1 unspecified atom stereocenters. The molecule has 1 aromatic carbocycles. The highest BCUT2D eigenvalue weighted by atomic mass is 32.2. The predicted molar refractivity (Wildman–Crippen MR) is 81.7 cm³/mol. The molecule has 3 heteroatoms. The minimum atomic E-state index is 0.633. The molecule has 1 aromatic rings. The highest BCUT2D eigenvalue weighted by Crippen LogP contribution is 2.29. The molecule has 0 aromatic heterocycles. The minimum Gasteiger partial charge on any atom is -0.368 e. The van der Waals surface area contributed by atoms with Crippen LogP contribution in [0.15, 0.2) is 29.2 Å². The largest absolute Gasteiger partial charge is 0.368 e. The van der Waals surface area contributed by atoms with Crippen LogP contribution >= 0.6 is 11.8 Å². The molecule has 0 radical (unpaired) electrons. The SMILES string of the molecule is CSc1ccccc1N1CCNC(CC(C)C)C1. The van der Waals surface area contributed by atoms with Crippen LogP contribution in [0.2, 0.25) is 0 Å². The normalized spacial score (nSPS) is 20.4. The average molecular weight is 264 g/mol. The van der Waals surface area contributed by atoms with Crippen molar-refractivity contribution in [1.82, 2.24) is 5.32 Å². The van der Waals surface area contributed by atoms with Crippen molar-refractivity contribution in [2.75, 3.05) is 30.8 Å². The smallest absolute Gasteiger partial charge is 0.0505 e. The number of piperazine rings is 1. The molecule has 0 aliphatic carbocycles. The van der Waals surface area contributed by atoms with E-state index in [-0.39, 0.29) is 0 Å². The van der Waals surface area contributed by atoms with Gasteiger partial charge in [-0.15, -0.1) is 11.8 Å². The quantitative estimate of drug-likeness (QED) is 0.841. The van der Waals surface area contributed by atoms with Gasteiger partial charge in [-0.1, -0.05) is 26.0 Å². The standard InChI is InChI=1S/C15H24N2S/c1-12(2)10-13-11-17(9-8-16-13)14-6-4-5-7-15(14)18-3/h4-7,12-13,16H,8-11H2,1-3H3. The zero-order valence-electron chi connectivity index (χ0n) is 11.6. The molecule has 0 saturated carbocycles. The van der Waals surface area contributed by atoms with E-state index in [0.717, 1.165) is 25.6 Å². The topological polar surface area (TPSA) is 15.3 Å². The maximum Gasteiger partial charge on any atom is 0.0505 e. The summed E-state index contributed by atoms with van der Waals surface area (Å²) in [6, 6.07) is 9.38. The third-order valence-electron chi connectivity index (χ3n) is 3.44. The number of rotatable bonds is 4. The van der Waals surface area contributed by atoms with Gasteiger partial charge in [-0.25, -0.2) is 0 Å². The first-order valence-electron chi connectivity index (χ1n) is 6.82. The maximum atomic E-state index is 3.64. The molecule has 0 spiro atoms. The zero-order valence-corrected chi connectivity index (χ0v) is 12.5. The summed E-state index contributed by atoms with van der Waals surface area (Å²) in [4.78, 5) is 3.93. The Bertz CT molecular complexity index is 379. The second-order valence-corrected chi connectivity index (χ2v) is 6.25. The number of anilines is 1. The Hall–Kier alpha value is -0.670. The van der Waals surface area contributed by atoms with E-state index in [2.05, 4.69) is 54.6 Å². The second kappa shape index (κ2) is 6.48. The summed E-state index contributed by atoms with van der Waals surface area (Å²) in [7, 11) is 0.